The van der Waals surface area contributed by atoms with Crippen molar-refractivity contribution in [3.05, 3.63) is 0 Å². The molecule has 1 aliphatic heterocycles. The van der Waals surface area contributed by atoms with Crippen LogP contribution in [0.2, 0.25) is 0 Å². The number of carbonyl (C=O) groups is 1. The Balaban J connectivity index is 2.44. The number of hydrogen-bond donors (Lipinski definition) is 2. The standard InChI is InChI=1S/C13H27N3O/c1-10(2)12(15-13(17)11(3)4)9-16-7-5-14-6-8-16/h10-12,14H,5-9H2,1-4H3,(H,15,17)/t12-/m1/s1. The van der Waals surface area contributed by atoms with E-state index in [4.69, 9.17) is 0 Å². The summed E-state index contributed by atoms with van der Waals surface area (Å²) >= 11 is 0. The molecule has 1 amide bonds. The first-order chi connectivity index (χ1) is 8.00. The minimum absolute atomic E-state index is 0.0688. The SMILES string of the molecule is CC(C)C(=O)N[C@H](CN1CCNCC1)C(C)C. The number of carbonyl (C=O) groups excluding carboxylic acids is 1. The first kappa shape index (κ1) is 14.5. The van der Waals surface area contributed by atoms with Gasteiger partial charge in [0.1, 0.15) is 0 Å². The van der Waals surface area contributed by atoms with Gasteiger partial charge in [0.15, 0.2) is 0 Å². The molecule has 0 spiro atoms. The number of hydrogen-bond acceptors (Lipinski definition) is 3. The molecule has 4 nitrogen and oxygen atoms in total. The van der Waals surface area contributed by atoms with E-state index in [1.54, 1.807) is 0 Å². The van der Waals surface area contributed by atoms with Crippen LogP contribution in [0.1, 0.15) is 27.7 Å². The van der Waals surface area contributed by atoms with Crippen LogP contribution >= 0.6 is 0 Å². The van der Waals surface area contributed by atoms with Gasteiger partial charge in [0.25, 0.3) is 0 Å². The highest BCUT2D eigenvalue weighted by Gasteiger charge is 2.21. The van der Waals surface area contributed by atoms with E-state index in [0.717, 1.165) is 32.7 Å². The molecule has 1 rings (SSSR count). The van der Waals surface area contributed by atoms with E-state index in [1.165, 1.54) is 0 Å². The Hall–Kier alpha value is -0.610. The van der Waals surface area contributed by atoms with Gasteiger partial charge in [0, 0.05) is 44.7 Å². The number of amides is 1. The van der Waals surface area contributed by atoms with E-state index >= 15 is 0 Å². The highest BCUT2D eigenvalue weighted by molar-refractivity contribution is 5.78. The van der Waals surface area contributed by atoms with Crippen molar-refractivity contribution in [3.63, 3.8) is 0 Å². The molecule has 2 N–H and O–H groups in total. The molecule has 0 bridgehead atoms. The summed E-state index contributed by atoms with van der Waals surface area (Å²) in [5, 5.41) is 6.51. The van der Waals surface area contributed by atoms with Crippen LogP contribution < -0.4 is 10.6 Å². The van der Waals surface area contributed by atoms with Crippen LogP contribution in [0.25, 0.3) is 0 Å². The molecule has 0 aromatic rings. The minimum atomic E-state index is 0.0688. The Kier molecular flexibility index (Phi) is 5.92. The topological polar surface area (TPSA) is 44.4 Å². The second-order valence-corrected chi connectivity index (χ2v) is 5.56. The van der Waals surface area contributed by atoms with Gasteiger partial charge in [-0.25, -0.2) is 0 Å². The highest BCUT2D eigenvalue weighted by atomic mass is 16.1. The molecule has 1 fully saturated rings. The first-order valence-corrected chi connectivity index (χ1v) is 6.74. The molecule has 1 heterocycles. The average Bonchev–Trinajstić information content (AvgIpc) is 2.29. The molecule has 0 aromatic carbocycles. The zero-order valence-corrected chi connectivity index (χ0v) is 11.6. The van der Waals surface area contributed by atoms with Gasteiger partial charge >= 0.3 is 0 Å². The van der Waals surface area contributed by atoms with Gasteiger partial charge in [-0.3, -0.25) is 9.69 Å². The van der Waals surface area contributed by atoms with Crippen molar-refractivity contribution < 1.29 is 4.79 Å². The summed E-state index contributed by atoms with van der Waals surface area (Å²) in [6.45, 7) is 13.5. The van der Waals surface area contributed by atoms with Gasteiger partial charge < -0.3 is 10.6 Å². The summed E-state index contributed by atoms with van der Waals surface area (Å²) < 4.78 is 0. The Morgan fingerprint density at radius 1 is 1.24 bits per heavy atom. The van der Waals surface area contributed by atoms with Gasteiger partial charge in [-0.2, -0.15) is 0 Å². The fourth-order valence-corrected chi connectivity index (χ4v) is 1.94. The lowest BCUT2D eigenvalue weighted by atomic mass is 10.0. The first-order valence-electron chi connectivity index (χ1n) is 6.74. The van der Waals surface area contributed by atoms with Crippen molar-refractivity contribution in [1.82, 2.24) is 15.5 Å². The molecule has 1 aliphatic rings. The summed E-state index contributed by atoms with van der Waals surface area (Å²) in [4.78, 5) is 14.2. The zero-order valence-electron chi connectivity index (χ0n) is 11.6. The van der Waals surface area contributed by atoms with Crippen molar-refractivity contribution in [2.75, 3.05) is 32.7 Å². The lowest BCUT2D eigenvalue weighted by Crippen LogP contribution is -2.52. The predicted molar refractivity (Wildman–Crippen MR) is 70.9 cm³/mol. The summed E-state index contributed by atoms with van der Waals surface area (Å²) in [5.41, 5.74) is 0. The normalized spacial score (nSPS) is 19.6. The van der Waals surface area contributed by atoms with Gasteiger partial charge in [-0.1, -0.05) is 27.7 Å². The van der Waals surface area contributed by atoms with Gasteiger partial charge in [0.2, 0.25) is 5.91 Å². The second-order valence-electron chi connectivity index (χ2n) is 5.56. The lowest BCUT2D eigenvalue weighted by molar-refractivity contribution is -0.125. The summed E-state index contributed by atoms with van der Waals surface area (Å²) in [6, 6.07) is 0.267. The maximum atomic E-state index is 11.8. The fraction of sp³-hybridized carbons (Fsp3) is 0.923. The number of nitrogens with one attached hydrogen (secondary N) is 2. The van der Waals surface area contributed by atoms with Crippen LogP contribution in [0.3, 0.4) is 0 Å². The number of nitrogens with zero attached hydrogens (tertiary/aromatic N) is 1. The summed E-state index contributed by atoms with van der Waals surface area (Å²) in [7, 11) is 0. The summed E-state index contributed by atoms with van der Waals surface area (Å²) in [5.74, 6) is 0.714. The molecule has 0 unspecified atom stereocenters. The maximum absolute atomic E-state index is 11.8. The van der Waals surface area contributed by atoms with Crippen molar-refractivity contribution >= 4 is 5.91 Å². The molecule has 1 saturated heterocycles. The van der Waals surface area contributed by atoms with Gasteiger partial charge in [-0.05, 0) is 5.92 Å². The molecule has 4 heteroatoms. The number of piperazine rings is 1. The van der Waals surface area contributed by atoms with Crippen LogP contribution in [0, 0.1) is 11.8 Å². The van der Waals surface area contributed by atoms with Crippen molar-refractivity contribution in [2.24, 2.45) is 11.8 Å². The van der Waals surface area contributed by atoms with Crippen molar-refractivity contribution in [1.29, 1.82) is 0 Å². The van der Waals surface area contributed by atoms with Crippen molar-refractivity contribution in [3.8, 4) is 0 Å². The molecule has 100 valence electrons. The molecule has 0 radical (unpaired) electrons. The van der Waals surface area contributed by atoms with E-state index < -0.39 is 0 Å². The average molecular weight is 241 g/mol. The molecule has 0 aromatic heterocycles. The van der Waals surface area contributed by atoms with E-state index in [1.807, 2.05) is 13.8 Å². The third-order valence-electron chi connectivity index (χ3n) is 3.32. The van der Waals surface area contributed by atoms with Gasteiger partial charge in [-0.15, -0.1) is 0 Å². The van der Waals surface area contributed by atoms with E-state index in [2.05, 4.69) is 29.4 Å². The van der Waals surface area contributed by atoms with E-state index in [0.29, 0.717) is 5.92 Å². The number of rotatable bonds is 5. The molecule has 0 saturated carbocycles. The lowest BCUT2D eigenvalue weighted by Gasteiger charge is -2.33. The second kappa shape index (κ2) is 6.97. The fourth-order valence-electron chi connectivity index (χ4n) is 1.94. The van der Waals surface area contributed by atoms with Crippen LogP contribution in [0.15, 0.2) is 0 Å². The van der Waals surface area contributed by atoms with E-state index in [9.17, 15) is 4.79 Å². The Morgan fingerprint density at radius 2 is 1.82 bits per heavy atom. The Labute approximate surface area is 105 Å². The van der Waals surface area contributed by atoms with Crippen LogP contribution in [0.5, 0.6) is 0 Å². The van der Waals surface area contributed by atoms with Crippen LogP contribution in [0.4, 0.5) is 0 Å². The quantitative estimate of drug-likeness (QED) is 0.744. The van der Waals surface area contributed by atoms with Gasteiger partial charge in [0.05, 0.1) is 0 Å². The summed E-state index contributed by atoms with van der Waals surface area (Å²) in [6.07, 6.45) is 0. The highest BCUT2D eigenvalue weighted by Crippen LogP contribution is 2.06. The van der Waals surface area contributed by atoms with Crippen LogP contribution in [-0.2, 0) is 4.79 Å². The minimum Gasteiger partial charge on any atom is -0.352 e. The Morgan fingerprint density at radius 3 is 2.29 bits per heavy atom. The molecule has 1 atom stereocenters. The van der Waals surface area contributed by atoms with Crippen molar-refractivity contribution in [2.45, 2.75) is 33.7 Å². The molecule has 0 aliphatic carbocycles. The third kappa shape index (κ3) is 5.04. The molecular formula is C13H27N3O. The molecular weight excluding hydrogens is 214 g/mol. The maximum Gasteiger partial charge on any atom is 0.222 e. The van der Waals surface area contributed by atoms with Crippen LogP contribution in [-0.4, -0.2) is 49.6 Å². The third-order valence-corrected chi connectivity index (χ3v) is 3.32. The predicted octanol–water partition coefficient (Wildman–Crippen LogP) is 0.688. The Bertz CT molecular complexity index is 235. The zero-order chi connectivity index (χ0) is 12.8. The smallest absolute Gasteiger partial charge is 0.222 e. The molecule has 17 heavy (non-hydrogen) atoms. The monoisotopic (exact) mass is 241 g/mol. The van der Waals surface area contributed by atoms with E-state index in [-0.39, 0.29) is 17.9 Å². The largest absolute Gasteiger partial charge is 0.352 e.